The number of anilines is 1. The molecule has 0 aliphatic carbocycles. The third kappa shape index (κ3) is 2.80. The number of para-hydroxylation sites is 2. The first-order chi connectivity index (χ1) is 8.12. The Balaban J connectivity index is 2.42. The van der Waals surface area contributed by atoms with Crippen LogP contribution in [0.3, 0.4) is 0 Å². The number of hydrogen-bond donors (Lipinski definition) is 1. The Hall–Kier alpha value is -1.48. The molecule has 0 fully saturated rings. The van der Waals surface area contributed by atoms with E-state index in [1.165, 1.54) is 11.0 Å². The normalized spacial score (nSPS) is 11.4. The van der Waals surface area contributed by atoms with Gasteiger partial charge in [-0.15, -0.1) is 5.10 Å². The summed E-state index contributed by atoms with van der Waals surface area (Å²) in [5.41, 5.74) is 0.973. The second-order valence-electron chi connectivity index (χ2n) is 3.10. The minimum atomic E-state index is -3.40. The van der Waals surface area contributed by atoms with Gasteiger partial charge in [0.15, 0.2) is 0 Å². The molecule has 0 atom stereocenters. The van der Waals surface area contributed by atoms with Crippen LogP contribution in [0.2, 0.25) is 0 Å². The van der Waals surface area contributed by atoms with Gasteiger partial charge >= 0.3 is 0 Å². The Bertz CT molecular complexity index is 598. The fourth-order valence-corrected chi connectivity index (χ4v) is 2.13. The van der Waals surface area contributed by atoms with Crippen molar-refractivity contribution in [2.24, 2.45) is 0 Å². The lowest BCUT2D eigenvalue weighted by Crippen LogP contribution is -2.15. The molecular formula is C8H8BrN5O2S. The Labute approximate surface area is 106 Å². The molecule has 0 aliphatic heterocycles. The fraction of sp³-hybridized carbons (Fsp3) is 0.125. The molecule has 0 radical (unpaired) electrons. The van der Waals surface area contributed by atoms with Crippen LogP contribution in [-0.2, 0) is 10.0 Å². The van der Waals surface area contributed by atoms with E-state index in [-0.39, 0.29) is 4.66 Å². The number of aromatic nitrogens is 4. The van der Waals surface area contributed by atoms with Crippen LogP contribution in [0.15, 0.2) is 30.6 Å². The van der Waals surface area contributed by atoms with Gasteiger partial charge in [-0.3, -0.25) is 4.72 Å². The highest BCUT2D eigenvalue weighted by Crippen LogP contribution is 2.20. The van der Waals surface area contributed by atoms with Crippen molar-refractivity contribution < 1.29 is 8.42 Å². The van der Waals surface area contributed by atoms with Crippen LogP contribution < -0.4 is 4.72 Å². The number of sulfonamides is 1. The van der Waals surface area contributed by atoms with E-state index in [1.807, 2.05) is 0 Å². The van der Waals surface area contributed by atoms with Crippen LogP contribution in [0.5, 0.6) is 0 Å². The van der Waals surface area contributed by atoms with E-state index in [0.29, 0.717) is 11.4 Å². The summed E-state index contributed by atoms with van der Waals surface area (Å²) in [6.45, 7) is 0. The average Bonchev–Trinajstić information content (AvgIpc) is 2.83. The van der Waals surface area contributed by atoms with Gasteiger partial charge in [0.05, 0.1) is 11.4 Å². The van der Waals surface area contributed by atoms with E-state index in [9.17, 15) is 8.42 Å². The number of hydrogen-bond acceptors (Lipinski definition) is 5. The summed E-state index contributed by atoms with van der Waals surface area (Å²) in [4.78, 5) is 0. The second kappa shape index (κ2) is 4.80. The average molecular weight is 318 g/mol. The van der Waals surface area contributed by atoms with Gasteiger partial charge in [-0.1, -0.05) is 28.1 Å². The quantitative estimate of drug-likeness (QED) is 0.841. The van der Waals surface area contributed by atoms with Crippen LogP contribution in [0.25, 0.3) is 5.69 Å². The van der Waals surface area contributed by atoms with Crippen molar-refractivity contribution in [1.82, 2.24) is 20.2 Å². The van der Waals surface area contributed by atoms with Crippen molar-refractivity contribution in [3.8, 4) is 5.69 Å². The summed E-state index contributed by atoms with van der Waals surface area (Å²) in [5.74, 6) is 0. The highest BCUT2D eigenvalue weighted by Gasteiger charge is 2.12. The van der Waals surface area contributed by atoms with Gasteiger partial charge in [0.1, 0.15) is 11.0 Å². The maximum atomic E-state index is 11.5. The number of nitrogens with zero attached hydrogens (tertiary/aromatic N) is 4. The third-order valence-electron chi connectivity index (χ3n) is 1.91. The lowest BCUT2D eigenvalue weighted by molar-refractivity contribution is 0.606. The van der Waals surface area contributed by atoms with Gasteiger partial charge in [0.25, 0.3) is 0 Å². The molecule has 17 heavy (non-hydrogen) atoms. The van der Waals surface area contributed by atoms with E-state index in [4.69, 9.17) is 0 Å². The zero-order chi connectivity index (χ0) is 12.3. The van der Waals surface area contributed by atoms with E-state index >= 15 is 0 Å². The first kappa shape index (κ1) is 12.0. The van der Waals surface area contributed by atoms with Gasteiger partial charge in [-0.2, -0.15) is 4.68 Å². The molecule has 90 valence electrons. The predicted molar refractivity (Wildman–Crippen MR) is 65.5 cm³/mol. The van der Waals surface area contributed by atoms with Gasteiger partial charge < -0.3 is 0 Å². The van der Waals surface area contributed by atoms with Gasteiger partial charge in [0, 0.05) is 0 Å². The zero-order valence-electron chi connectivity index (χ0n) is 8.49. The van der Waals surface area contributed by atoms with Gasteiger partial charge in [0.2, 0.25) is 10.0 Å². The fourth-order valence-electron chi connectivity index (χ4n) is 1.23. The number of benzene rings is 1. The van der Waals surface area contributed by atoms with Crippen molar-refractivity contribution in [1.29, 1.82) is 0 Å². The molecule has 0 unspecified atom stereocenters. The standard InChI is InChI=1S/C8H8BrN5O2S/c9-5-17(15,16)11-7-3-1-2-4-8(7)14-6-10-12-13-14/h1-4,6,11H,5H2. The van der Waals surface area contributed by atoms with E-state index in [1.54, 1.807) is 24.3 Å². The molecule has 2 aromatic rings. The molecule has 0 bridgehead atoms. The second-order valence-corrected chi connectivity index (χ2v) is 6.12. The SMILES string of the molecule is O=S(=O)(CBr)Nc1ccccc1-n1cnnn1. The Morgan fingerprint density at radius 2 is 2.12 bits per heavy atom. The number of halogens is 1. The van der Waals surface area contributed by atoms with Crippen molar-refractivity contribution in [2.45, 2.75) is 0 Å². The monoisotopic (exact) mass is 317 g/mol. The molecule has 0 spiro atoms. The summed E-state index contributed by atoms with van der Waals surface area (Å²) in [7, 11) is -3.40. The number of tetrazole rings is 1. The van der Waals surface area contributed by atoms with Gasteiger partial charge in [-0.05, 0) is 22.6 Å². The smallest absolute Gasteiger partial charge is 0.242 e. The molecule has 0 amide bonds. The maximum Gasteiger partial charge on any atom is 0.242 e. The molecule has 1 N–H and O–H groups in total. The molecule has 7 nitrogen and oxygen atoms in total. The Kier molecular flexibility index (Phi) is 3.38. The van der Waals surface area contributed by atoms with Crippen molar-refractivity contribution in [2.75, 3.05) is 9.38 Å². The molecule has 9 heteroatoms. The van der Waals surface area contributed by atoms with E-state index < -0.39 is 10.0 Å². The summed E-state index contributed by atoms with van der Waals surface area (Å²) in [5, 5.41) is 10.7. The van der Waals surface area contributed by atoms with E-state index in [2.05, 4.69) is 36.2 Å². The van der Waals surface area contributed by atoms with Crippen LogP contribution in [0.4, 0.5) is 5.69 Å². The molecule has 0 saturated heterocycles. The van der Waals surface area contributed by atoms with Crippen molar-refractivity contribution >= 4 is 31.6 Å². The maximum absolute atomic E-state index is 11.5. The molecule has 2 rings (SSSR count). The Morgan fingerprint density at radius 3 is 2.76 bits per heavy atom. The Morgan fingerprint density at radius 1 is 1.35 bits per heavy atom. The highest BCUT2D eigenvalue weighted by molar-refractivity contribution is 9.10. The minimum absolute atomic E-state index is 0.177. The number of alkyl halides is 1. The summed E-state index contributed by atoms with van der Waals surface area (Å²) in [6.07, 6.45) is 1.39. The lowest BCUT2D eigenvalue weighted by Gasteiger charge is -2.09. The first-order valence-electron chi connectivity index (χ1n) is 4.51. The lowest BCUT2D eigenvalue weighted by atomic mass is 10.3. The van der Waals surface area contributed by atoms with Crippen molar-refractivity contribution in [3.05, 3.63) is 30.6 Å². The molecular weight excluding hydrogens is 310 g/mol. The first-order valence-corrected chi connectivity index (χ1v) is 7.28. The summed E-state index contributed by atoms with van der Waals surface area (Å²) in [6, 6.07) is 6.84. The summed E-state index contributed by atoms with van der Waals surface area (Å²) < 4.78 is 26.6. The molecule has 1 aromatic carbocycles. The van der Waals surface area contributed by atoms with Crippen LogP contribution >= 0.6 is 15.9 Å². The topological polar surface area (TPSA) is 89.8 Å². The van der Waals surface area contributed by atoms with Crippen LogP contribution in [-0.4, -0.2) is 33.3 Å². The largest absolute Gasteiger partial charge is 0.281 e. The molecule has 1 heterocycles. The van der Waals surface area contributed by atoms with Crippen LogP contribution in [0.1, 0.15) is 0 Å². The number of nitrogens with one attached hydrogen (secondary N) is 1. The predicted octanol–water partition coefficient (Wildman–Crippen LogP) is 0.756. The van der Waals surface area contributed by atoms with Crippen LogP contribution in [0, 0.1) is 0 Å². The third-order valence-corrected chi connectivity index (χ3v) is 4.54. The van der Waals surface area contributed by atoms with E-state index in [0.717, 1.165) is 0 Å². The molecule has 1 aromatic heterocycles. The molecule has 0 saturated carbocycles. The zero-order valence-corrected chi connectivity index (χ0v) is 10.9. The van der Waals surface area contributed by atoms with Crippen molar-refractivity contribution in [3.63, 3.8) is 0 Å². The molecule has 0 aliphatic rings. The number of rotatable bonds is 4. The summed E-state index contributed by atoms with van der Waals surface area (Å²) >= 11 is 2.90. The highest BCUT2D eigenvalue weighted by atomic mass is 79.9. The minimum Gasteiger partial charge on any atom is -0.281 e. The van der Waals surface area contributed by atoms with Gasteiger partial charge in [-0.25, -0.2) is 8.42 Å².